The fraction of sp³-hybridized carbons (Fsp3) is 0.391. The van der Waals surface area contributed by atoms with Crippen LogP contribution in [0.3, 0.4) is 0 Å². The monoisotopic (exact) mass is 379 g/mol. The third-order valence-corrected chi connectivity index (χ3v) is 4.88. The van der Waals surface area contributed by atoms with Crippen molar-refractivity contribution in [3.05, 3.63) is 59.9 Å². The number of rotatable bonds is 8. The zero-order valence-electron chi connectivity index (χ0n) is 17.1. The van der Waals surface area contributed by atoms with Crippen LogP contribution in [0.1, 0.15) is 57.5 Å². The summed E-state index contributed by atoms with van der Waals surface area (Å²) in [6.07, 6.45) is 0.458. The highest BCUT2D eigenvalue weighted by molar-refractivity contribution is 5.77. The Labute approximate surface area is 166 Å². The quantitative estimate of drug-likeness (QED) is 0.610. The van der Waals surface area contributed by atoms with Crippen molar-refractivity contribution in [1.82, 2.24) is 14.9 Å². The second-order valence-corrected chi connectivity index (χ2v) is 7.29. The van der Waals surface area contributed by atoms with Crippen LogP contribution < -0.4 is 10.1 Å². The molecule has 5 heteroatoms. The van der Waals surface area contributed by atoms with E-state index in [-0.39, 0.29) is 11.9 Å². The average molecular weight is 380 g/mol. The molecule has 0 aliphatic heterocycles. The van der Waals surface area contributed by atoms with Gasteiger partial charge in [-0.05, 0) is 36.6 Å². The largest absolute Gasteiger partial charge is 0.491 e. The van der Waals surface area contributed by atoms with E-state index in [4.69, 9.17) is 9.72 Å². The van der Waals surface area contributed by atoms with Gasteiger partial charge >= 0.3 is 0 Å². The molecule has 1 unspecified atom stereocenters. The van der Waals surface area contributed by atoms with Crippen molar-refractivity contribution in [3.8, 4) is 5.75 Å². The second kappa shape index (κ2) is 8.91. The lowest BCUT2D eigenvalue weighted by Crippen LogP contribution is -2.28. The van der Waals surface area contributed by atoms with Gasteiger partial charge in [-0.1, -0.05) is 51.1 Å². The molecule has 0 spiro atoms. The number of fused-ring (bicyclic) bond motifs is 1. The third-order valence-electron chi connectivity index (χ3n) is 4.88. The van der Waals surface area contributed by atoms with E-state index >= 15 is 0 Å². The number of carbonyl (C=O) groups is 1. The van der Waals surface area contributed by atoms with Crippen LogP contribution >= 0.6 is 0 Å². The number of aromatic nitrogens is 2. The molecule has 0 aliphatic carbocycles. The van der Waals surface area contributed by atoms with Gasteiger partial charge in [0.25, 0.3) is 0 Å². The highest BCUT2D eigenvalue weighted by Gasteiger charge is 2.18. The van der Waals surface area contributed by atoms with Crippen molar-refractivity contribution in [1.29, 1.82) is 0 Å². The van der Waals surface area contributed by atoms with Gasteiger partial charge in [0.05, 0.1) is 23.6 Å². The smallest absolute Gasteiger partial charge is 0.220 e. The molecule has 0 radical (unpaired) electrons. The number of benzene rings is 2. The fourth-order valence-electron chi connectivity index (χ4n) is 3.40. The maximum absolute atomic E-state index is 11.8. The van der Waals surface area contributed by atoms with E-state index in [1.807, 2.05) is 50.2 Å². The lowest BCUT2D eigenvalue weighted by atomic mass is 10.0. The molecule has 2 aromatic carbocycles. The van der Waals surface area contributed by atoms with E-state index in [0.29, 0.717) is 25.5 Å². The summed E-state index contributed by atoms with van der Waals surface area (Å²) in [5, 5.41) is 3.02. The van der Waals surface area contributed by atoms with Crippen molar-refractivity contribution in [3.63, 3.8) is 0 Å². The molecule has 1 aromatic heterocycles. The van der Waals surface area contributed by atoms with Gasteiger partial charge in [-0.15, -0.1) is 0 Å². The van der Waals surface area contributed by atoms with Crippen LogP contribution in [0, 0.1) is 0 Å². The fourth-order valence-corrected chi connectivity index (χ4v) is 3.40. The zero-order valence-corrected chi connectivity index (χ0v) is 17.1. The number of amides is 1. The Hall–Kier alpha value is -2.82. The highest BCUT2D eigenvalue weighted by atomic mass is 16.5. The zero-order chi connectivity index (χ0) is 20.1. The molecule has 0 fully saturated rings. The third kappa shape index (κ3) is 4.35. The molecule has 5 nitrogen and oxygen atoms in total. The predicted molar refractivity (Wildman–Crippen MR) is 113 cm³/mol. The standard InChI is InChI=1S/C23H29N3O2/c1-5-22(27)24-17(4)23-25-19-11-7-8-12-20(19)26(23)14-15-28-21-13-9-6-10-18(21)16(2)3/h6-13,16-17H,5,14-15H2,1-4H3,(H,24,27). The maximum atomic E-state index is 11.8. The number of hydrogen-bond donors (Lipinski definition) is 1. The first-order valence-electron chi connectivity index (χ1n) is 9.97. The van der Waals surface area contributed by atoms with Crippen molar-refractivity contribution in [2.45, 2.75) is 52.6 Å². The maximum Gasteiger partial charge on any atom is 0.220 e. The van der Waals surface area contributed by atoms with E-state index in [1.165, 1.54) is 5.56 Å². The Morgan fingerprint density at radius 3 is 2.57 bits per heavy atom. The van der Waals surface area contributed by atoms with E-state index in [9.17, 15) is 4.79 Å². The Bertz CT molecular complexity index is 946. The summed E-state index contributed by atoms with van der Waals surface area (Å²) in [6, 6.07) is 16.1. The van der Waals surface area contributed by atoms with Crippen LogP contribution in [-0.4, -0.2) is 22.1 Å². The molecule has 28 heavy (non-hydrogen) atoms. The minimum Gasteiger partial charge on any atom is -0.491 e. The number of carbonyl (C=O) groups excluding carboxylic acids is 1. The first-order chi connectivity index (χ1) is 13.5. The molecule has 0 aliphatic rings. The number of hydrogen-bond acceptors (Lipinski definition) is 3. The molecule has 3 aromatic rings. The van der Waals surface area contributed by atoms with Gasteiger partial charge in [-0.25, -0.2) is 4.98 Å². The van der Waals surface area contributed by atoms with Gasteiger partial charge in [0, 0.05) is 6.42 Å². The molecule has 0 bridgehead atoms. The molecule has 1 amide bonds. The van der Waals surface area contributed by atoms with Crippen molar-refractivity contribution < 1.29 is 9.53 Å². The lowest BCUT2D eigenvalue weighted by Gasteiger charge is -2.17. The van der Waals surface area contributed by atoms with Gasteiger partial charge in [-0.3, -0.25) is 4.79 Å². The van der Waals surface area contributed by atoms with Gasteiger partial charge in [0.1, 0.15) is 18.2 Å². The Morgan fingerprint density at radius 2 is 1.82 bits per heavy atom. The van der Waals surface area contributed by atoms with Gasteiger partial charge in [-0.2, -0.15) is 0 Å². The number of nitrogens with zero attached hydrogens (tertiary/aromatic N) is 2. The van der Waals surface area contributed by atoms with Crippen LogP contribution in [0.4, 0.5) is 0 Å². The summed E-state index contributed by atoms with van der Waals surface area (Å²) in [7, 11) is 0. The summed E-state index contributed by atoms with van der Waals surface area (Å²) >= 11 is 0. The van der Waals surface area contributed by atoms with Gasteiger partial charge < -0.3 is 14.6 Å². The van der Waals surface area contributed by atoms with E-state index in [2.05, 4.69) is 35.9 Å². The topological polar surface area (TPSA) is 56.2 Å². The summed E-state index contributed by atoms with van der Waals surface area (Å²) in [5.41, 5.74) is 3.19. The summed E-state index contributed by atoms with van der Waals surface area (Å²) in [5.74, 6) is 2.21. The number of nitrogens with one attached hydrogen (secondary N) is 1. The second-order valence-electron chi connectivity index (χ2n) is 7.29. The number of imidazole rings is 1. The normalized spacial score (nSPS) is 12.3. The van der Waals surface area contributed by atoms with Crippen molar-refractivity contribution in [2.75, 3.05) is 6.61 Å². The first-order valence-corrected chi connectivity index (χ1v) is 9.97. The van der Waals surface area contributed by atoms with Crippen molar-refractivity contribution in [2.24, 2.45) is 0 Å². The SMILES string of the molecule is CCC(=O)NC(C)c1nc2ccccc2n1CCOc1ccccc1C(C)C. The summed E-state index contributed by atoms with van der Waals surface area (Å²) < 4.78 is 8.27. The summed E-state index contributed by atoms with van der Waals surface area (Å²) in [6.45, 7) is 9.36. The highest BCUT2D eigenvalue weighted by Crippen LogP contribution is 2.26. The molecule has 148 valence electrons. The molecule has 0 saturated carbocycles. The van der Waals surface area contributed by atoms with Crippen LogP contribution in [0.25, 0.3) is 11.0 Å². The van der Waals surface area contributed by atoms with E-state index in [0.717, 1.165) is 22.6 Å². The summed E-state index contributed by atoms with van der Waals surface area (Å²) in [4.78, 5) is 16.6. The molecule has 0 saturated heterocycles. The minimum atomic E-state index is -0.164. The molecular weight excluding hydrogens is 350 g/mol. The Balaban J connectivity index is 1.82. The predicted octanol–water partition coefficient (Wildman–Crippen LogP) is 4.83. The first kappa shape index (κ1) is 19.9. The van der Waals surface area contributed by atoms with Crippen LogP contribution in [0.2, 0.25) is 0 Å². The molecular formula is C23H29N3O2. The number of ether oxygens (including phenoxy) is 1. The van der Waals surface area contributed by atoms with Crippen LogP contribution in [0.15, 0.2) is 48.5 Å². The molecule has 1 N–H and O–H groups in total. The van der Waals surface area contributed by atoms with E-state index < -0.39 is 0 Å². The Kier molecular flexibility index (Phi) is 6.34. The van der Waals surface area contributed by atoms with Gasteiger partial charge in [0.2, 0.25) is 5.91 Å². The van der Waals surface area contributed by atoms with Crippen LogP contribution in [0.5, 0.6) is 5.75 Å². The minimum absolute atomic E-state index is 0.0215. The molecule has 3 rings (SSSR count). The average Bonchev–Trinajstić information content (AvgIpc) is 3.07. The lowest BCUT2D eigenvalue weighted by molar-refractivity contribution is -0.121. The van der Waals surface area contributed by atoms with E-state index in [1.54, 1.807) is 0 Å². The van der Waals surface area contributed by atoms with Gasteiger partial charge in [0.15, 0.2) is 0 Å². The number of para-hydroxylation sites is 3. The van der Waals surface area contributed by atoms with Crippen molar-refractivity contribution >= 4 is 16.9 Å². The molecule has 1 atom stereocenters. The molecule has 1 heterocycles. The Morgan fingerprint density at radius 1 is 1.11 bits per heavy atom. The van der Waals surface area contributed by atoms with Crippen LogP contribution in [-0.2, 0) is 11.3 Å².